The maximum absolute atomic E-state index is 11.8. The van der Waals surface area contributed by atoms with Crippen molar-refractivity contribution in [3.63, 3.8) is 0 Å². The molecule has 1 aromatic rings. The fourth-order valence-electron chi connectivity index (χ4n) is 2.21. The lowest BCUT2D eigenvalue weighted by atomic mass is 10.1. The molecule has 0 aromatic heterocycles. The quantitative estimate of drug-likeness (QED) is 0.916. The van der Waals surface area contributed by atoms with Gasteiger partial charge in [0.15, 0.2) is 0 Å². The molecule has 2 rings (SSSR count). The van der Waals surface area contributed by atoms with E-state index in [0.29, 0.717) is 18.2 Å². The summed E-state index contributed by atoms with van der Waals surface area (Å²) in [5.74, 6) is 0.973. The zero-order chi connectivity index (χ0) is 14.0. The van der Waals surface area contributed by atoms with Gasteiger partial charge < -0.3 is 15.0 Å². The summed E-state index contributed by atoms with van der Waals surface area (Å²) in [6.45, 7) is 3.13. The predicted molar refractivity (Wildman–Crippen MR) is 75.6 cm³/mol. The third kappa shape index (κ3) is 3.19. The van der Waals surface area contributed by atoms with Gasteiger partial charge in [0.25, 0.3) is 0 Å². The summed E-state index contributed by atoms with van der Waals surface area (Å²) in [5.41, 5.74) is 2.16. The first-order chi connectivity index (χ1) is 8.99. The van der Waals surface area contributed by atoms with Crippen molar-refractivity contribution in [2.24, 2.45) is 0 Å². The van der Waals surface area contributed by atoms with Crippen LogP contribution in [0.5, 0.6) is 5.75 Å². The predicted octanol–water partition coefficient (Wildman–Crippen LogP) is 1.84. The molecular formula is C14H19ClN2O2. The third-order valence-electron chi connectivity index (χ3n) is 3.24. The number of likely N-dealkylation sites (N-methyl/N-ethyl adjacent to an activating group) is 1. The summed E-state index contributed by atoms with van der Waals surface area (Å²) in [6.07, 6.45) is 0.898. The summed E-state index contributed by atoms with van der Waals surface area (Å²) in [6, 6.07) is 3.61. The molecule has 5 heteroatoms. The molecule has 0 bridgehead atoms. The molecule has 1 unspecified atom stereocenters. The van der Waals surface area contributed by atoms with Gasteiger partial charge in [0, 0.05) is 37.6 Å². The van der Waals surface area contributed by atoms with Gasteiger partial charge in [0.2, 0.25) is 5.91 Å². The van der Waals surface area contributed by atoms with E-state index in [9.17, 15) is 4.79 Å². The highest BCUT2D eigenvalue weighted by molar-refractivity contribution is 6.30. The maximum Gasteiger partial charge on any atom is 0.238 e. The summed E-state index contributed by atoms with van der Waals surface area (Å²) >= 11 is 6.10. The largest absolute Gasteiger partial charge is 0.493 e. The van der Waals surface area contributed by atoms with Crippen molar-refractivity contribution in [3.05, 3.63) is 28.3 Å². The average molecular weight is 283 g/mol. The van der Waals surface area contributed by atoms with Crippen molar-refractivity contribution in [2.75, 3.05) is 20.7 Å². The van der Waals surface area contributed by atoms with Gasteiger partial charge in [-0.25, -0.2) is 0 Å². The second kappa shape index (κ2) is 5.80. The fourth-order valence-corrected chi connectivity index (χ4v) is 2.48. The minimum Gasteiger partial charge on any atom is -0.493 e. The molecule has 1 aliphatic rings. The number of nitrogens with zero attached hydrogens (tertiary/aromatic N) is 1. The van der Waals surface area contributed by atoms with Crippen molar-refractivity contribution in [2.45, 2.75) is 25.9 Å². The van der Waals surface area contributed by atoms with Crippen LogP contribution < -0.4 is 10.1 Å². The number of hydrogen-bond donors (Lipinski definition) is 1. The van der Waals surface area contributed by atoms with E-state index in [1.165, 1.54) is 0 Å². The second-order valence-corrected chi connectivity index (χ2v) is 5.42. The molecule has 1 atom stereocenters. The third-order valence-corrected chi connectivity index (χ3v) is 3.45. The van der Waals surface area contributed by atoms with Gasteiger partial charge in [-0.2, -0.15) is 0 Å². The van der Waals surface area contributed by atoms with Crippen molar-refractivity contribution in [1.82, 2.24) is 10.2 Å². The minimum absolute atomic E-state index is 0.0552. The number of halogens is 1. The van der Waals surface area contributed by atoms with Gasteiger partial charge in [-0.1, -0.05) is 11.6 Å². The molecule has 0 fully saturated rings. The van der Waals surface area contributed by atoms with E-state index in [1.54, 1.807) is 19.0 Å². The van der Waals surface area contributed by atoms with Gasteiger partial charge in [-0.05, 0) is 24.6 Å². The van der Waals surface area contributed by atoms with E-state index in [4.69, 9.17) is 16.3 Å². The Bertz CT molecular complexity index is 489. The summed E-state index contributed by atoms with van der Waals surface area (Å²) < 4.78 is 5.63. The number of hydrogen-bond acceptors (Lipinski definition) is 3. The van der Waals surface area contributed by atoms with Crippen LogP contribution in [0.25, 0.3) is 0 Å². The molecule has 0 saturated carbocycles. The van der Waals surface area contributed by atoms with Gasteiger partial charge in [-0.3, -0.25) is 4.79 Å². The van der Waals surface area contributed by atoms with E-state index in [2.05, 4.69) is 5.32 Å². The molecular weight excluding hydrogens is 264 g/mol. The topological polar surface area (TPSA) is 41.6 Å². The lowest BCUT2D eigenvalue weighted by Crippen LogP contribution is -2.41. The first kappa shape index (κ1) is 14.2. The molecule has 0 spiro atoms. The van der Waals surface area contributed by atoms with Crippen LogP contribution in [-0.2, 0) is 17.8 Å². The molecule has 4 nitrogen and oxygen atoms in total. The number of rotatable bonds is 4. The molecule has 1 aliphatic heterocycles. The average Bonchev–Trinajstić information content (AvgIpc) is 2.82. The van der Waals surface area contributed by atoms with Crippen LogP contribution in [-0.4, -0.2) is 37.6 Å². The van der Waals surface area contributed by atoms with Crippen molar-refractivity contribution in [1.29, 1.82) is 0 Å². The SMILES string of the molecule is CC(NCc1cc(Cl)cc2c1OCC2)C(=O)N(C)C. The number of benzene rings is 1. The van der Waals surface area contributed by atoms with E-state index < -0.39 is 0 Å². The highest BCUT2D eigenvalue weighted by atomic mass is 35.5. The Labute approximate surface area is 118 Å². The lowest BCUT2D eigenvalue weighted by molar-refractivity contribution is -0.130. The zero-order valence-electron chi connectivity index (χ0n) is 11.5. The van der Waals surface area contributed by atoms with Crippen LogP contribution in [0.4, 0.5) is 0 Å². The molecule has 0 aliphatic carbocycles. The van der Waals surface area contributed by atoms with Crippen molar-refractivity contribution in [3.8, 4) is 5.75 Å². The van der Waals surface area contributed by atoms with Crippen LogP contribution in [0.1, 0.15) is 18.1 Å². The van der Waals surface area contributed by atoms with E-state index in [0.717, 1.165) is 23.3 Å². The minimum atomic E-state index is -0.231. The van der Waals surface area contributed by atoms with E-state index >= 15 is 0 Å². The van der Waals surface area contributed by atoms with Crippen LogP contribution >= 0.6 is 11.6 Å². The Hall–Kier alpha value is -1.26. The molecule has 0 saturated heterocycles. The first-order valence-electron chi connectivity index (χ1n) is 6.37. The van der Waals surface area contributed by atoms with Gasteiger partial charge in [-0.15, -0.1) is 0 Å². The highest BCUT2D eigenvalue weighted by Gasteiger charge is 2.19. The lowest BCUT2D eigenvalue weighted by Gasteiger charge is -2.18. The molecule has 1 N–H and O–H groups in total. The number of carbonyl (C=O) groups is 1. The molecule has 1 heterocycles. The van der Waals surface area contributed by atoms with Gasteiger partial charge in [0.1, 0.15) is 5.75 Å². The second-order valence-electron chi connectivity index (χ2n) is 4.99. The molecule has 19 heavy (non-hydrogen) atoms. The Morgan fingerprint density at radius 3 is 2.95 bits per heavy atom. The Morgan fingerprint density at radius 1 is 1.53 bits per heavy atom. The Morgan fingerprint density at radius 2 is 2.26 bits per heavy atom. The molecule has 104 valence electrons. The number of nitrogens with one attached hydrogen (secondary N) is 1. The standard InChI is InChI=1S/C14H19ClN2O2/c1-9(14(18)17(2)3)16-8-11-7-12(15)6-10-4-5-19-13(10)11/h6-7,9,16H,4-5,8H2,1-3H3. The van der Waals surface area contributed by atoms with Crippen LogP contribution in [0.2, 0.25) is 5.02 Å². The smallest absolute Gasteiger partial charge is 0.238 e. The van der Waals surface area contributed by atoms with Gasteiger partial charge in [0.05, 0.1) is 12.6 Å². The normalized spacial score (nSPS) is 14.7. The number of amides is 1. The van der Waals surface area contributed by atoms with Crippen molar-refractivity contribution >= 4 is 17.5 Å². The van der Waals surface area contributed by atoms with Crippen molar-refractivity contribution < 1.29 is 9.53 Å². The van der Waals surface area contributed by atoms with E-state index in [-0.39, 0.29) is 11.9 Å². The summed E-state index contributed by atoms with van der Waals surface area (Å²) in [5, 5.41) is 3.92. The zero-order valence-corrected chi connectivity index (χ0v) is 12.3. The number of ether oxygens (including phenoxy) is 1. The highest BCUT2D eigenvalue weighted by Crippen LogP contribution is 2.32. The van der Waals surface area contributed by atoms with Crippen LogP contribution in [0, 0.1) is 0 Å². The van der Waals surface area contributed by atoms with Gasteiger partial charge >= 0.3 is 0 Å². The molecule has 1 aromatic carbocycles. The molecule has 1 amide bonds. The Balaban J connectivity index is 2.06. The summed E-state index contributed by atoms with van der Waals surface area (Å²) in [7, 11) is 3.50. The van der Waals surface area contributed by atoms with E-state index in [1.807, 2.05) is 19.1 Å². The fraction of sp³-hybridized carbons (Fsp3) is 0.500. The summed E-state index contributed by atoms with van der Waals surface area (Å²) in [4.78, 5) is 13.4. The number of carbonyl (C=O) groups excluding carboxylic acids is 1. The number of fused-ring (bicyclic) bond motifs is 1. The van der Waals surface area contributed by atoms with Crippen LogP contribution in [0.3, 0.4) is 0 Å². The van der Waals surface area contributed by atoms with Crippen LogP contribution in [0.15, 0.2) is 12.1 Å². The maximum atomic E-state index is 11.8. The Kier molecular flexibility index (Phi) is 4.32. The monoisotopic (exact) mass is 282 g/mol. The first-order valence-corrected chi connectivity index (χ1v) is 6.75. The molecule has 0 radical (unpaired) electrons.